The number of hydrogen-bond donors (Lipinski definition) is 1. The van der Waals surface area contributed by atoms with Crippen LogP contribution in [0.1, 0.15) is 37.3 Å². The van der Waals surface area contributed by atoms with Crippen molar-refractivity contribution in [2.24, 2.45) is 0 Å². The van der Waals surface area contributed by atoms with Gasteiger partial charge in [0.1, 0.15) is 11.6 Å². The summed E-state index contributed by atoms with van der Waals surface area (Å²) in [6.07, 6.45) is 4.88. The molecule has 130 valence electrons. The molecule has 1 saturated carbocycles. The Morgan fingerprint density at radius 3 is 2.88 bits per heavy atom. The number of carbonyl (C=O) groups is 2. The van der Waals surface area contributed by atoms with Crippen molar-refractivity contribution < 1.29 is 18.4 Å². The average molecular weight is 343 g/mol. The standard InChI is InChI=1S/C18H18FN3O3/c1-3-17(24)22(10-14-9-20-18(25-14)12-4-5-12)13-6-7-15(19)16(8-13)21-11(2)23/h3,6-9,12H,1,4-5,10H2,2H3,(H,21,23). The van der Waals surface area contributed by atoms with Crippen molar-refractivity contribution in [1.82, 2.24) is 4.98 Å². The number of hydrogen-bond acceptors (Lipinski definition) is 4. The lowest BCUT2D eigenvalue weighted by Crippen LogP contribution is -2.28. The van der Waals surface area contributed by atoms with E-state index in [9.17, 15) is 14.0 Å². The van der Waals surface area contributed by atoms with Gasteiger partial charge in [0.05, 0.1) is 18.4 Å². The highest BCUT2D eigenvalue weighted by Crippen LogP contribution is 2.39. The van der Waals surface area contributed by atoms with Gasteiger partial charge < -0.3 is 14.6 Å². The van der Waals surface area contributed by atoms with E-state index in [1.165, 1.54) is 36.1 Å². The first-order valence-electron chi connectivity index (χ1n) is 7.93. The molecule has 1 aliphatic carbocycles. The maximum atomic E-state index is 13.8. The highest BCUT2D eigenvalue weighted by Gasteiger charge is 2.29. The molecule has 0 atom stereocenters. The van der Waals surface area contributed by atoms with Crippen LogP contribution in [0.25, 0.3) is 0 Å². The fourth-order valence-electron chi connectivity index (χ4n) is 2.44. The van der Waals surface area contributed by atoms with E-state index in [1.807, 2.05) is 0 Å². The van der Waals surface area contributed by atoms with Gasteiger partial charge in [0, 0.05) is 18.5 Å². The van der Waals surface area contributed by atoms with Gasteiger partial charge in [-0.3, -0.25) is 9.59 Å². The van der Waals surface area contributed by atoms with Crippen molar-refractivity contribution in [3.63, 3.8) is 0 Å². The fraction of sp³-hybridized carbons (Fsp3) is 0.278. The maximum absolute atomic E-state index is 13.8. The van der Waals surface area contributed by atoms with Gasteiger partial charge in [-0.1, -0.05) is 6.58 Å². The quantitative estimate of drug-likeness (QED) is 0.816. The van der Waals surface area contributed by atoms with E-state index < -0.39 is 11.7 Å². The number of rotatable bonds is 6. The Labute approximate surface area is 144 Å². The predicted octanol–water partition coefficient (Wildman–Crippen LogP) is 3.37. The molecule has 1 heterocycles. The van der Waals surface area contributed by atoms with Gasteiger partial charge in [-0.25, -0.2) is 9.37 Å². The molecule has 1 aromatic heterocycles. The largest absolute Gasteiger partial charge is 0.444 e. The molecule has 0 saturated heterocycles. The molecule has 1 aromatic carbocycles. The third-order valence-corrected chi connectivity index (χ3v) is 3.82. The summed E-state index contributed by atoms with van der Waals surface area (Å²) >= 11 is 0. The van der Waals surface area contributed by atoms with Gasteiger partial charge in [0.2, 0.25) is 5.91 Å². The third kappa shape index (κ3) is 3.93. The van der Waals surface area contributed by atoms with E-state index in [1.54, 1.807) is 6.20 Å². The summed E-state index contributed by atoms with van der Waals surface area (Å²) in [5.41, 5.74) is 0.419. The van der Waals surface area contributed by atoms with Crippen molar-refractivity contribution in [2.45, 2.75) is 32.2 Å². The topological polar surface area (TPSA) is 75.4 Å². The number of nitrogens with one attached hydrogen (secondary N) is 1. The molecule has 7 heteroatoms. The van der Waals surface area contributed by atoms with E-state index in [4.69, 9.17) is 4.42 Å². The molecule has 3 rings (SSSR count). The number of halogens is 1. The van der Waals surface area contributed by atoms with Gasteiger partial charge in [0.15, 0.2) is 5.89 Å². The van der Waals surface area contributed by atoms with Gasteiger partial charge in [-0.2, -0.15) is 0 Å². The zero-order valence-electron chi connectivity index (χ0n) is 13.8. The average Bonchev–Trinajstić information content (AvgIpc) is 3.33. The number of oxazole rings is 1. The number of carbonyl (C=O) groups excluding carboxylic acids is 2. The summed E-state index contributed by atoms with van der Waals surface area (Å²) in [5.74, 6) is 0.225. The van der Waals surface area contributed by atoms with Crippen LogP contribution in [0.4, 0.5) is 15.8 Å². The van der Waals surface area contributed by atoms with Crippen LogP contribution in [0.15, 0.2) is 41.5 Å². The minimum Gasteiger partial charge on any atom is -0.444 e. The second-order valence-electron chi connectivity index (χ2n) is 5.91. The molecule has 1 fully saturated rings. The van der Waals surface area contributed by atoms with Crippen molar-refractivity contribution in [3.8, 4) is 0 Å². The molecule has 0 unspecified atom stereocenters. The number of amides is 2. The predicted molar refractivity (Wildman–Crippen MR) is 90.6 cm³/mol. The van der Waals surface area contributed by atoms with Gasteiger partial charge in [-0.15, -0.1) is 0 Å². The first-order chi connectivity index (χ1) is 12.0. The molecular weight excluding hydrogens is 325 g/mol. The zero-order valence-corrected chi connectivity index (χ0v) is 13.8. The summed E-state index contributed by atoms with van der Waals surface area (Å²) in [5, 5.41) is 2.40. The number of nitrogens with zero attached hydrogens (tertiary/aromatic N) is 2. The molecule has 2 aromatic rings. The normalized spacial score (nSPS) is 13.4. The zero-order chi connectivity index (χ0) is 18.0. The second kappa shape index (κ2) is 6.88. The summed E-state index contributed by atoms with van der Waals surface area (Å²) < 4.78 is 19.5. The summed E-state index contributed by atoms with van der Waals surface area (Å²) in [4.78, 5) is 29.1. The number of anilines is 2. The van der Waals surface area contributed by atoms with Crippen LogP contribution < -0.4 is 10.2 Å². The minimum atomic E-state index is -0.583. The van der Waals surface area contributed by atoms with Crippen LogP contribution in [0.2, 0.25) is 0 Å². The van der Waals surface area contributed by atoms with Crippen LogP contribution >= 0.6 is 0 Å². The van der Waals surface area contributed by atoms with Crippen molar-refractivity contribution in [3.05, 3.63) is 54.5 Å². The molecule has 6 nitrogen and oxygen atoms in total. The van der Waals surface area contributed by atoms with Crippen LogP contribution in [0.5, 0.6) is 0 Å². The second-order valence-corrected chi connectivity index (χ2v) is 5.91. The Kier molecular flexibility index (Phi) is 4.65. The van der Waals surface area contributed by atoms with Crippen LogP contribution in [0.3, 0.4) is 0 Å². The lowest BCUT2D eigenvalue weighted by atomic mass is 10.2. The van der Waals surface area contributed by atoms with Crippen LogP contribution in [-0.4, -0.2) is 16.8 Å². The van der Waals surface area contributed by atoms with E-state index in [0.29, 0.717) is 23.3 Å². The summed E-state index contributed by atoms with van der Waals surface area (Å²) in [6.45, 7) is 4.92. The molecule has 2 amide bonds. The summed E-state index contributed by atoms with van der Waals surface area (Å²) in [6, 6.07) is 4.05. The molecular formula is C18H18FN3O3. The highest BCUT2D eigenvalue weighted by molar-refractivity contribution is 6.01. The maximum Gasteiger partial charge on any atom is 0.250 e. The lowest BCUT2D eigenvalue weighted by Gasteiger charge is -2.21. The third-order valence-electron chi connectivity index (χ3n) is 3.82. The Morgan fingerprint density at radius 1 is 1.48 bits per heavy atom. The van der Waals surface area contributed by atoms with E-state index in [0.717, 1.165) is 12.8 Å². The van der Waals surface area contributed by atoms with Crippen LogP contribution in [-0.2, 0) is 16.1 Å². The van der Waals surface area contributed by atoms with Gasteiger partial charge in [0.25, 0.3) is 5.91 Å². The molecule has 0 spiro atoms. The molecule has 25 heavy (non-hydrogen) atoms. The Hall–Kier alpha value is -2.96. The van der Waals surface area contributed by atoms with Gasteiger partial charge in [-0.05, 0) is 37.1 Å². The van der Waals surface area contributed by atoms with Gasteiger partial charge >= 0.3 is 0 Å². The number of benzene rings is 1. The lowest BCUT2D eigenvalue weighted by molar-refractivity contribution is -0.115. The minimum absolute atomic E-state index is 0.00287. The van der Waals surface area contributed by atoms with Crippen molar-refractivity contribution in [1.29, 1.82) is 0 Å². The molecule has 1 N–H and O–H groups in total. The fourth-order valence-corrected chi connectivity index (χ4v) is 2.44. The molecule has 0 bridgehead atoms. The SMILES string of the molecule is C=CC(=O)N(Cc1cnc(C2CC2)o1)c1ccc(F)c(NC(C)=O)c1. The van der Waals surface area contributed by atoms with Crippen LogP contribution in [0, 0.1) is 5.82 Å². The monoisotopic (exact) mass is 343 g/mol. The molecule has 0 radical (unpaired) electrons. The Morgan fingerprint density at radius 2 is 2.24 bits per heavy atom. The Bertz CT molecular complexity index is 827. The van der Waals surface area contributed by atoms with Crippen molar-refractivity contribution in [2.75, 3.05) is 10.2 Å². The smallest absolute Gasteiger partial charge is 0.250 e. The first kappa shape index (κ1) is 16.9. The highest BCUT2D eigenvalue weighted by atomic mass is 19.1. The molecule has 0 aliphatic heterocycles. The molecule has 1 aliphatic rings. The Balaban J connectivity index is 1.88. The number of aromatic nitrogens is 1. The van der Waals surface area contributed by atoms with E-state index >= 15 is 0 Å². The van der Waals surface area contributed by atoms with E-state index in [2.05, 4.69) is 16.9 Å². The van der Waals surface area contributed by atoms with Crippen molar-refractivity contribution >= 4 is 23.2 Å². The van der Waals surface area contributed by atoms with E-state index in [-0.39, 0.29) is 18.1 Å². The first-order valence-corrected chi connectivity index (χ1v) is 7.93. The summed E-state index contributed by atoms with van der Waals surface area (Å²) in [7, 11) is 0.